The number of alkyl halides is 1. The lowest BCUT2D eigenvalue weighted by Gasteiger charge is -2.09. The number of benzene rings is 1. The average Bonchev–Trinajstić information content (AvgIpc) is 2.65. The molecule has 1 aromatic carbocycles. The molecule has 0 spiro atoms. The minimum absolute atomic E-state index is 0.0213. The molecule has 3 heteroatoms. The molecule has 0 aliphatic rings. The summed E-state index contributed by atoms with van der Waals surface area (Å²) in [6, 6.07) is 11.9. The van der Waals surface area contributed by atoms with Gasteiger partial charge < -0.3 is 4.57 Å². The molecule has 0 aliphatic carbocycles. The van der Waals surface area contributed by atoms with Crippen molar-refractivity contribution < 1.29 is 4.79 Å². The van der Waals surface area contributed by atoms with Crippen molar-refractivity contribution >= 4 is 17.4 Å². The highest BCUT2D eigenvalue weighted by Gasteiger charge is 2.19. The van der Waals surface area contributed by atoms with Crippen LogP contribution in [0.4, 0.5) is 0 Å². The molecule has 2 nitrogen and oxygen atoms in total. The third-order valence-electron chi connectivity index (χ3n) is 3.07. The molecule has 0 radical (unpaired) electrons. The van der Waals surface area contributed by atoms with E-state index >= 15 is 0 Å². The predicted octanol–water partition coefficient (Wildman–Crippen LogP) is 3.90. The predicted molar refractivity (Wildman–Crippen MR) is 74.9 cm³/mol. The Balaban J connectivity index is 2.55. The van der Waals surface area contributed by atoms with E-state index in [4.69, 9.17) is 11.6 Å². The maximum atomic E-state index is 12.0. The summed E-state index contributed by atoms with van der Waals surface area (Å²) in [7, 11) is 0. The number of carbonyl (C=O) groups is 1. The number of nitrogens with zero attached hydrogens (tertiary/aromatic N) is 1. The lowest BCUT2D eigenvalue weighted by atomic mass is 10.1. The van der Waals surface area contributed by atoms with Crippen LogP contribution in [-0.2, 0) is 0 Å². The highest BCUT2D eigenvalue weighted by molar-refractivity contribution is 6.33. The van der Waals surface area contributed by atoms with Gasteiger partial charge >= 0.3 is 0 Å². The van der Waals surface area contributed by atoms with Crippen LogP contribution in [0, 0.1) is 13.8 Å². The standard InChI is InChI=1S/C15H16ClNO/c1-10-9-14(15(18)11(2)16)12(3)17(10)13-7-5-4-6-8-13/h4-9,11H,1-3H3. The molecule has 0 aliphatic heterocycles. The van der Waals surface area contributed by atoms with Crippen LogP contribution in [0.15, 0.2) is 36.4 Å². The molecule has 1 atom stereocenters. The zero-order valence-corrected chi connectivity index (χ0v) is 11.5. The molecule has 0 N–H and O–H groups in total. The highest BCUT2D eigenvalue weighted by atomic mass is 35.5. The first-order valence-electron chi connectivity index (χ1n) is 5.95. The number of hydrogen-bond donors (Lipinski definition) is 0. The summed E-state index contributed by atoms with van der Waals surface area (Å²) >= 11 is 5.88. The van der Waals surface area contributed by atoms with Crippen molar-refractivity contribution in [2.24, 2.45) is 0 Å². The Bertz CT molecular complexity index is 570. The minimum Gasteiger partial charge on any atom is -0.318 e. The van der Waals surface area contributed by atoms with Crippen molar-refractivity contribution in [3.05, 3.63) is 53.3 Å². The molecule has 94 valence electrons. The van der Waals surface area contributed by atoms with Crippen LogP contribution in [0.1, 0.15) is 28.7 Å². The van der Waals surface area contributed by atoms with Crippen molar-refractivity contribution in [2.75, 3.05) is 0 Å². The molecule has 1 unspecified atom stereocenters. The van der Waals surface area contributed by atoms with Crippen LogP contribution < -0.4 is 0 Å². The Morgan fingerprint density at radius 3 is 2.39 bits per heavy atom. The molecule has 0 amide bonds. The smallest absolute Gasteiger partial charge is 0.182 e. The summed E-state index contributed by atoms with van der Waals surface area (Å²) in [5, 5.41) is -0.491. The van der Waals surface area contributed by atoms with Gasteiger partial charge in [-0.3, -0.25) is 4.79 Å². The zero-order valence-electron chi connectivity index (χ0n) is 10.8. The summed E-state index contributed by atoms with van der Waals surface area (Å²) in [4.78, 5) is 12.0. The second-order valence-corrected chi connectivity index (χ2v) is 5.09. The summed E-state index contributed by atoms with van der Waals surface area (Å²) in [5.41, 5.74) is 3.75. The summed E-state index contributed by atoms with van der Waals surface area (Å²) in [5.74, 6) is -0.0213. The highest BCUT2D eigenvalue weighted by Crippen LogP contribution is 2.22. The Hall–Kier alpha value is -1.54. The first-order chi connectivity index (χ1) is 8.52. The van der Waals surface area contributed by atoms with Gasteiger partial charge in [-0.15, -0.1) is 11.6 Å². The maximum absolute atomic E-state index is 12.0. The average molecular weight is 262 g/mol. The van der Waals surface area contributed by atoms with Gasteiger partial charge in [0.25, 0.3) is 0 Å². The van der Waals surface area contributed by atoms with Gasteiger partial charge in [0, 0.05) is 22.6 Å². The van der Waals surface area contributed by atoms with E-state index in [0.29, 0.717) is 5.56 Å². The maximum Gasteiger partial charge on any atom is 0.182 e. The van der Waals surface area contributed by atoms with Crippen LogP contribution in [0.5, 0.6) is 0 Å². The van der Waals surface area contributed by atoms with E-state index in [-0.39, 0.29) is 5.78 Å². The van der Waals surface area contributed by atoms with E-state index in [9.17, 15) is 4.79 Å². The SMILES string of the molecule is Cc1cc(C(=O)C(C)Cl)c(C)n1-c1ccccc1. The van der Waals surface area contributed by atoms with Crippen molar-refractivity contribution in [2.45, 2.75) is 26.1 Å². The largest absolute Gasteiger partial charge is 0.318 e. The third kappa shape index (κ3) is 2.21. The number of halogens is 1. The topological polar surface area (TPSA) is 22.0 Å². The quantitative estimate of drug-likeness (QED) is 0.607. The van der Waals surface area contributed by atoms with Crippen LogP contribution in [0.25, 0.3) is 5.69 Å². The van der Waals surface area contributed by atoms with Gasteiger partial charge in [0.1, 0.15) is 0 Å². The lowest BCUT2D eigenvalue weighted by molar-refractivity contribution is 0.0991. The first-order valence-corrected chi connectivity index (χ1v) is 6.38. The zero-order chi connectivity index (χ0) is 13.3. The molecule has 0 fully saturated rings. The summed E-state index contributed by atoms with van der Waals surface area (Å²) in [6.45, 7) is 5.65. The van der Waals surface area contributed by atoms with E-state index < -0.39 is 5.38 Å². The van der Waals surface area contributed by atoms with Crippen LogP contribution in [0.2, 0.25) is 0 Å². The molecule has 2 aromatic rings. The van der Waals surface area contributed by atoms with Gasteiger partial charge in [0.15, 0.2) is 5.78 Å². The second-order valence-electron chi connectivity index (χ2n) is 4.44. The van der Waals surface area contributed by atoms with Crippen molar-refractivity contribution in [3.8, 4) is 5.69 Å². The normalized spacial score (nSPS) is 12.4. The molecular formula is C15H16ClNO. The Labute approximate surface area is 112 Å². The van der Waals surface area contributed by atoms with E-state index in [1.54, 1.807) is 6.92 Å². The number of rotatable bonds is 3. The van der Waals surface area contributed by atoms with Crippen LogP contribution in [-0.4, -0.2) is 15.7 Å². The number of hydrogen-bond acceptors (Lipinski definition) is 1. The van der Waals surface area contributed by atoms with Gasteiger partial charge in [-0.05, 0) is 39.0 Å². The fourth-order valence-electron chi connectivity index (χ4n) is 2.20. The molecule has 18 heavy (non-hydrogen) atoms. The monoisotopic (exact) mass is 261 g/mol. The van der Waals surface area contributed by atoms with E-state index in [2.05, 4.69) is 4.57 Å². The van der Waals surface area contributed by atoms with E-state index in [1.165, 1.54) is 0 Å². The summed E-state index contributed by atoms with van der Waals surface area (Å²) in [6.07, 6.45) is 0. The number of carbonyl (C=O) groups excluding carboxylic acids is 1. The minimum atomic E-state index is -0.491. The fourth-order valence-corrected chi connectivity index (χ4v) is 2.32. The van der Waals surface area contributed by atoms with Gasteiger partial charge in [0.2, 0.25) is 0 Å². The van der Waals surface area contributed by atoms with Crippen LogP contribution >= 0.6 is 11.6 Å². The Kier molecular flexibility index (Phi) is 3.58. The third-order valence-corrected chi connectivity index (χ3v) is 3.27. The lowest BCUT2D eigenvalue weighted by Crippen LogP contribution is -2.11. The summed E-state index contributed by atoms with van der Waals surface area (Å²) < 4.78 is 2.08. The fraction of sp³-hybridized carbons (Fsp3) is 0.267. The molecule has 1 heterocycles. The van der Waals surface area contributed by atoms with E-state index in [0.717, 1.165) is 17.1 Å². The molecular weight excluding hydrogens is 246 g/mol. The van der Waals surface area contributed by atoms with Gasteiger partial charge in [-0.1, -0.05) is 18.2 Å². The number of aryl methyl sites for hydroxylation is 1. The molecule has 0 bridgehead atoms. The van der Waals surface area contributed by atoms with Crippen LogP contribution in [0.3, 0.4) is 0 Å². The van der Waals surface area contributed by atoms with E-state index in [1.807, 2.05) is 50.2 Å². The van der Waals surface area contributed by atoms with Gasteiger partial charge in [-0.25, -0.2) is 0 Å². The Morgan fingerprint density at radius 2 is 1.83 bits per heavy atom. The molecule has 2 rings (SSSR count). The molecule has 0 saturated carbocycles. The van der Waals surface area contributed by atoms with Gasteiger partial charge in [0.05, 0.1) is 5.38 Å². The second kappa shape index (κ2) is 4.99. The number of Topliss-reactive ketones (excluding diaryl/α,β-unsaturated/α-hetero) is 1. The molecule has 1 aromatic heterocycles. The van der Waals surface area contributed by atoms with Crippen molar-refractivity contribution in [3.63, 3.8) is 0 Å². The number of aromatic nitrogens is 1. The first kappa shape index (κ1) is 12.9. The number of para-hydroxylation sites is 1. The molecule has 0 saturated heterocycles. The Morgan fingerprint density at radius 1 is 1.22 bits per heavy atom. The van der Waals surface area contributed by atoms with Crippen molar-refractivity contribution in [1.82, 2.24) is 4.57 Å². The number of ketones is 1. The van der Waals surface area contributed by atoms with Crippen molar-refractivity contribution in [1.29, 1.82) is 0 Å². The van der Waals surface area contributed by atoms with Gasteiger partial charge in [-0.2, -0.15) is 0 Å².